The van der Waals surface area contributed by atoms with Gasteiger partial charge in [-0.2, -0.15) is 0 Å². The van der Waals surface area contributed by atoms with E-state index in [0.29, 0.717) is 0 Å². The van der Waals surface area contributed by atoms with Crippen LogP contribution in [-0.2, 0) is 0 Å². The Hall–Kier alpha value is 0.500. The highest BCUT2D eigenvalue weighted by Gasteiger charge is 1.44. The van der Waals surface area contributed by atoms with E-state index in [-0.39, 0.29) is 24.8 Å². The number of hydrogen-bond acceptors (Lipinski definition) is 2. The number of hydrazine groups is 1. The molecule has 0 bridgehead atoms. The van der Waals surface area contributed by atoms with Crippen LogP contribution >= 0.6 is 24.8 Å². The number of rotatable bonds is 1. The van der Waals surface area contributed by atoms with E-state index in [0.717, 1.165) is 0 Å². The first-order chi connectivity index (χ1) is 1.91. The molecule has 4 heteroatoms. The lowest BCUT2D eigenvalue weighted by Gasteiger charge is -1.81. The quantitative estimate of drug-likeness (QED) is 0.498. The highest BCUT2D eigenvalue weighted by molar-refractivity contribution is 5.85. The lowest BCUT2D eigenvalue weighted by atomic mass is 11.4. The molecule has 0 unspecified atom stereocenters. The third kappa shape index (κ3) is 24.5. The second-order valence-corrected chi connectivity index (χ2v) is 0.500. The molecule has 0 atom stereocenters. The van der Waals surface area contributed by atoms with E-state index in [1.54, 1.807) is 0 Å². The molecule has 42 valence electrons. The van der Waals surface area contributed by atoms with Crippen molar-refractivity contribution in [2.45, 2.75) is 0 Å². The average Bonchev–Trinajstić information content (AvgIpc) is 1.37. The van der Waals surface area contributed by atoms with Crippen LogP contribution in [0.1, 0.15) is 0 Å². The zero-order valence-corrected chi connectivity index (χ0v) is 5.45. The fourth-order valence-electron chi connectivity index (χ4n) is 0. The molecular weight excluding hydrogens is 123 g/mol. The summed E-state index contributed by atoms with van der Waals surface area (Å²) in [6.45, 7) is 0. The smallest absolute Gasteiger partial charge is 0.00150 e. The molecule has 0 heterocycles. The number of hydrogen-bond donors (Lipinski definition) is 2. The molecule has 6 heavy (non-hydrogen) atoms. The molecule has 0 aromatic carbocycles. The molecule has 0 fully saturated rings. The summed E-state index contributed by atoms with van der Waals surface area (Å²) in [5.41, 5.74) is 5.36. The van der Waals surface area contributed by atoms with Crippen molar-refractivity contribution in [1.29, 1.82) is 0 Å². The first-order valence-corrected chi connectivity index (χ1v) is 1.25. The summed E-state index contributed by atoms with van der Waals surface area (Å²) in [4.78, 5) is 0. The molecule has 0 spiro atoms. The highest BCUT2D eigenvalue weighted by atomic mass is 35.5. The molecule has 2 N–H and O–H groups in total. The summed E-state index contributed by atoms with van der Waals surface area (Å²) in [5, 5.41) is 0. The predicted molar refractivity (Wildman–Crippen MR) is 32.6 cm³/mol. The Kier molecular flexibility index (Phi) is 47.7. The molecule has 0 aliphatic heterocycles. The van der Waals surface area contributed by atoms with E-state index in [4.69, 9.17) is 0 Å². The van der Waals surface area contributed by atoms with Gasteiger partial charge in [0.25, 0.3) is 0 Å². The van der Waals surface area contributed by atoms with Gasteiger partial charge in [0.1, 0.15) is 0 Å². The van der Waals surface area contributed by atoms with Crippen molar-refractivity contribution < 1.29 is 0 Å². The average molecular weight is 133 g/mol. The van der Waals surface area contributed by atoms with Crippen molar-refractivity contribution in [3.63, 3.8) is 0 Å². The van der Waals surface area contributed by atoms with Crippen LogP contribution in [0.15, 0.2) is 0 Å². The Morgan fingerprint density at radius 1 is 0.833 bits per heavy atom. The molecule has 0 saturated carbocycles. The third-order valence-electron chi connectivity index (χ3n) is 0.250. The predicted octanol–water partition coefficient (Wildman–Crippen LogP) is 0.184. The normalized spacial score (nSPS) is 5.00. The maximum atomic E-state index is 2.68. The van der Waals surface area contributed by atoms with Crippen LogP contribution in [0.4, 0.5) is 0 Å². The van der Waals surface area contributed by atoms with Gasteiger partial charge in [-0.25, -0.2) is 0 Å². The van der Waals surface area contributed by atoms with Crippen LogP contribution in [-0.4, -0.2) is 14.1 Å². The van der Waals surface area contributed by atoms with E-state index < -0.39 is 0 Å². The Bertz CT molecular complexity index is 11.5. The number of nitrogens with one attached hydrogen (secondary N) is 2. The Morgan fingerprint density at radius 2 is 1.00 bits per heavy atom. The zero-order valence-electron chi connectivity index (χ0n) is 3.82. The van der Waals surface area contributed by atoms with E-state index in [1.165, 1.54) is 0 Å². The molecule has 0 radical (unpaired) electrons. The lowest BCUT2D eigenvalue weighted by molar-refractivity contribution is 0.689. The van der Waals surface area contributed by atoms with E-state index in [2.05, 4.69) is 10.9 Å². The topological polar surface area (TPSA) is 24.1 Å². The molecule has 0 aromatic rings. The molecule has 0 amide bonds. The maximum Gasteiger partial charge on any atom is -0.00150 e. The largest absolute Gasteiger partial charge is 0.261 e. The van der Waals surface area contributed by atoms with Gasteiger partial charge in [0, 0.05) is 0 Å². The second kappa shape index (κ2) is 17.8. The minimum absolute atomic E-state index is 0. The standard InChI is InChI=1S/C2H8N2.2ClH/c1-3-4-2;;/h3-4H,1-2H3;2*1H. The van der Waals surface area contributed by atoms with Gasteiger partial charge in [0.15, 0.2) is 0 Å². The van der Waals surface area contributed by atoms with Gasteiger partial charge in [-0.3, -0.25) is 10.9 Å². The van der Waals surface area contributed by atoms with Gasteiger partial charge in [-0.05, 0) is 14.1 Å². The Morgan fingerprint density at radius 3 is 1.00 bits per heavy atom. The minimum Gasteiger partial charge on any atom is -0.261 e. The van der Waals surface area contributed by atoms with Crippen LogP contribution in [0.5, 0.6) is 0 Å². The van der Waals surface area contributed by atoms with Crippen molar-refractivity contribution in [2.75, 3.05) is 14.1 Å². The Balaban J connectivity index is -0.0000000450. The van der Waals surface area contributed by atoms with Crippen LogP contribution in [0.3, 0.4) is 0 Å². The molecule has 0 aliphatic carbocycles. The molecule has 0 saturated heterocycles. The van der Waals surface area contributed by atoms with Crippen molar-refractivity contribution in [2.24, 2.45) is 0 Å². The van der Waals surface area contributed by atoms with Crippen molar-refractivity contribution in [3.8, 4) is 0 Å². The van der Waals surface area contributed by atoms with Crippen molar-refractivity contribution >= 4 is 24.8 Å². The summed E-state index contributed by atoms with van der Waals surface area (Å²) in [5.74, 6) is 0. The fourth-order valence-corrected chi connectivity index (χ4v) is 0. The highest BCUT2D eigenvalue weighted by Crippen LogP contribution is 1.07. The van der Waals surface area contributed by atoms with E-state index in [9.17, 15) is 0 Å². The van der Waals surface area contributed by atoms with Gasteiger partial charge < -0.3 is 0 Å². The monoisotopic (exact) mass is 132 g/mol. The van der Waals surface area contributed by atoms with E-state index in [1.807, 2.05) is 14.1 Å². The summed E-state index contributed by atoms with van der Waals surface area (Å²) < 4.78 is 0. The van der Waals surface area contributed by atoms with Crippen molar-refractivity contribution in [1.82, 2.24) is 10.9 Å². The number of halogens is 2. The fraction of sp³-hybridized carbons (Fsp3) is 1.00. The van der Waals surface area contributed by atoms with Gasteiger partial charge in [0.05, 0.1) is 0 Å². The maximum absolute atomic E-state index is 2.68. The van der Waals surface area contributed by atoms with Gasteiger partial charge in [-0.15, -0.1) is 24.8 Å². The first-order valence-electron chi connectivity index (χ1n) is 1.25. The van der Waals surface area contributed by atoms with Crippen molar-refractivity contribution in [3.05, 3.63) is 0 Å². The SMILES string of the molecule is CNNC.Cl.Cl. The van der Waals surface area contributed by atoms with Crippen LogP contribution < -0.4 is 10.9 Å². The third-order valence-corrected chi connectivity index (χ3v) is 0.250. The summed E-state index contributed by atoms with van der Waals surface area (Å²) >= 11 is 0. The van der Waals surface area contributed by atoms with Crippen LogP contribution in [0.25, 0.3) is 0 Å². The molecular formula is C2H10Cl2N2. The second-order valence-electron chi connectivity index (χ2n) is 0.500. The summed E-state index contributed by atoms with van der Waals surface area (Å²) in [7, 11) is 3.64. The Labute approximate surface area is 50.5 Å². The van der Waals surface area contributed by atoms with Gasteiger partial charge in [-0.1, -0.05) is 0 Å². The van der Waals surface area contributed by atoms with Crippen LogP contribution in [0.2, 0.25) is 0 Å². The first kappa shape index (κ1) is 16.1. The molecule has 0 rings (SSSR count). The van der Waals surface area contributed by atoms with Gasteiger partial charge >= 0.3 is 0 Å². The molecule has 2 nitrogen and oxygen atoms in total. The molecule has 0 aromatic heterocycles. The van der Waals surface area contributed by atoms with E-state index >= 15 is 0 Å². The van der Waals surface area contributed by atoms with Gasteiger partial charge in [0.2, 0.25) is 0 Å². The summed E-state index contributed by atoms with van der Waals surface area (Å²) in [6, 6.07) is 0. The molecule has 0 aliphatic rings. The summed E-state index contributed by atoms with van der Waals surface area (Å²) in [6.07, 6.45) is 0. The zero-order chi connectivity index (χ0) is 3.41. The van der Waals surface area contributed by atoms with Crippen LogP contribution in [0, 0.1) is 0 Å². The lowest BCUT2D eigenvalue weighted by Crippen LogP contribution is -2.21. The minimum atomic E-state index is 0.